The second-order valence-electron chi connectivity index (χ2n) is 24.5. The van der Waals surface area contributed by atoms with Crippen LogP contribution in [0.2, 0.25) is 0 Å². The molecule has 0 radical (unpaired) electrons. The van der Waals surface area contributed by atoms with E-state index in [-0.39, 0.29) is 67.1 Å². The number of ether oxygens (including phenoxy) is 6. The summed E-state index contributed by atoms with van der Waals surface area (Å²) < 4.78 is 35.3. The molecule has 12 atom stereocenters. The molecule has 0 aromatic rings. The van der Waals surface area contributed by atoms with Crippen molar-refractivity contribution in [2.24, 2.45) is 80.8 Å². The maximum absolute atomic E-state index is 14.7. The van der Waals surface area contributed by atoms with Crippen LogP contribution in [0, 0.1) is 80.8 Å². The van der Waals surface area contributed by atoms with Gasteiger partial charge in [0.1, 0.15) is 17.8 Å². The van der Waals surface area contributed by atoms with Crippen molar-refractivity contribution in [1.29, 1.82) is 0 Å². The van der Waals surface area contributed by atoms with Crippen LogP contribution in [-0.4, -0.2) is 72.9 Å². The summed E-state index contributed by atoms with van der Waals surface area (Å²) >= 11 is 0. The van der Waals surface area contributed by atoms with Gasteiger partial charge in [0, 0.05) is 24.7 Å². The van der Waals surface area contributed by atoms with E-state index in [1.807, 2.05) is 20.8 Å². The van der Waals surface area contributed by atoms with E-state index in [0.717, 1.165) is 25.7 Å². The molecule has 0 aromatic carbocycles. The van der Waals surface area contributed by atoms with Crippen molar-refractivity contribution in [3.63, 3.8) is 0 Å². The summed E-state index contributed by atoms with van der Waals surface area (Å²) in [5.74, 6) is 1.92. The fourth-order valence-electron chi connectivity index (χ4n) is 15.6. The quantitative estimate of drug-likeness (QED) is 0.0957. The fraction of sp³-hybridized carbons (Fsp3) is 0.882. The van der Waals surface area contributed by atoms with E-state index >= 15 is 0 Å². The molecule has 2 aliphatic heterocycles. The molecule has 8 saturated carbocycles. The number of hydrogen-bond donors (Lipinski definition) is 0. The summed E-state index contributed by atoms with van der Waals surface area (Å²) in [5.41, 5.74) is -4.46. The molecule has 0 amide bonds. The zero-order valence-electron chi connectivity index (χ0n) is 39.0. The zero-order chi connectivity index (χ0) is 44.9. The summed E-state index contributed by atoms with van der Waals surface area (Å²) in [4.78, 5) is 81.7. The van der Waals surface area contributed by atoms with Crippen LogP contribution in [0.5, 0.6) is 0 Å². The number of rotatable bonds is 18. The Labute approximate surface area is 374 Å². The van der Waals surface area contributed by atoms with Crippen molar-refractivity contribution >= 4 is 35.8 Å². The molecule has 2 heterocycles. The van der Waals surface area contributed by atoms with Gasteiger partial charge >= 0.3 is 35.8 Å². The number of fused-ring (bicyclic) bond motifs is 3. The van der Waals surface area contributed by atoms with Crippen LogP contribution >= 0.6 is 0 Å². The first-order valence-corrected chi connectivity index (χ1v) is 24.9. The first kappa shape index (κ1) is 45.0. The van der Waals surface area contributed by atoms with E-state index in [1.165, 1.54) is 38.5 Å². The van der Waals surface area contributed by atoms with E-state index < -0.39 is 58.1 Å². The zero-order valence-corrected chi connectivity index (χ0v) is 39.0. The van der Waals surface area contributed by atoms with Crippen molar-refractivity contribution in [3.8, 4) is 0 Å². The minimum absolute atomic E-state index is 0.0651. The lowest BCUT2D eigenvalue weighted by molar-refractivity contribution is -0.177. The predicted octanol–water partition coefficient (Wildman–Crippen LogP) is 8.48. The van der Waals surface area contributed by atoms with Crippen molar-refractivity contribution < 1.29 is 57.2 Å². The maximum atomic E-state index is 14.7. The van der Waals surface area contributed by atoms with Crippen molar-refractivity contribution in [1.82, 2.24) is 0 Å². The van der Waals surface area contributed by atoms with Crippen LogP contribution in [-0.2, 0) is 57.2 Å². The smallest absolute Gasteiger partial charge is 0.347 e. The molecule has 63 heavy (non-hydrogen) atoms. The Kier molecular flexibility index (Phi) is 11.6. The highest BCUT2D eigenvalue weighted by atomic mass is 16.6. The van der Waals surface area contributed by atoms with E-state index in [4.69, 9.17) is 28.4 Å². The SMILES string of the molecule is CC1C2CCC(C2)C1CC(C)(CCCC(C)(CC(C)(C)C(=O)OC1C2CC3C(=O)OC1C3C2)C(=O)OC1CCOC1=O)C(=O)OC(C)(C)CCOC(=O)C12CC3CC(CC(C3)C1)C2. The van der Waals surface area contributed by atoms with Gasteiger partial charge in [0.2, 0.25) is 6.10 Å². The Morgan fingerprint density at radius 2 is 1.38 bits per heavy atom. The lowest BCUT2D eigenvalue weighted by Gasteiger charge is -2.55. The number of cyclic esters (lactones) is 1. The van der Waals surface area contributed by atoms with Crippen LogP contribution in [0.4, 0.5) is 0 Å². The summed E-state index contributed by atoms with van der Waals surface area (Å²) in [6.07, 6.45) is 12.3. The van der Waals surface area contributed by atoms with Crippen LogP contribution in [0.3, 0.4) is 0 Å². The van der Waals surface area contributed by atoms with Crippen molar-refractivity contribution in [3.05, 3.63) is 0 Å². The monoisotopic (exact) mass is 879 g/mol. The number of carbonyl (C=O) groups is 6. The lowest BCUT2D eigenvalue weighted by Crippen LogP contribution is -2.50. The molecule has 8 bridgehead atoms. The Hall–Kier alpha value is -3.18. The molecule has 10 fully saturated rings. The average molecular weight is 879 g/mol. The van der Waals surface area contributed by atoms with Crippen LogP contribution < -0.4 is 0 Å². The molecule has 12 unspecified atom stereocenters. The molecule has 12 nitrogen and oxygen atoms in total. The molecule has 2 saturated heterocycles. The topological polar surface area (TPSA) is 158 Å². The average Bonchev–Trinajstić information content (AvgIpc) is 4.06. The molecular weight excluding hydrogens is 805 g/mol. The number of hydrogen-bond acceptors (Lipinski definition) is 12. The Bertz CT molecular complexity index is 1810. The van der Waals surface area contributed by atoms with Gasteiger partial charge in [0.15, 0.2) is 0 Å². The van der Waals surface area contributed by atoms with Gasteiger partial charge in [-0.25, -0.2) is 4.79 Å². The fourth-order valence-corrected chi connectivity index (χ4v) is 15.6. The van der Waals surface area contributed by atoms with Crippen molar-refractivity contribution in [2.45, 2.75) is 188 Å². The third-order valence-electron chi connectivity index (χ3n) is 18.6. The van der Waals surface area contributed by atoms with Gasteiger partial charge in [0.05, 0.1) is 40.8 Å². The second-order valence-corrected chi connectivity index (χ2v) is 24.5. The van der Waals surface area contributed by atoms with E-state index in [0.29, 0.717) is 80.0 Å². The number of esters is 6. The third-order valence-corrected chi connectivity index (χ3v) is 18.6. The normalized spacial score (nSPS) is 40.0. The molecule has 12 heteroatoms. The van der Waals surface area contributed by atoms with Gasteiger partial charge in [-0.05, 0) is 179 Å². The van der Waals surface area contributed by atoms with Crippen LogP contribution in [0.15, 0.2) is 0 Å². The minimum Gasteiger partial charge on any atom is -0.465 e. The Morgan fingerprint density at radius 3 is 2.02 bits per heavy atom. The molecule has 0 N–H and O–H groups in total. The summed E-state index contributed by atoms with van der Waals surface area (Å²) in [5, 5.41) is 0. The molecule has 8 aliphatic carbocycles. The highest BCUT2D eigenvalue weighted by Gasteiger charge is 2.64. The van der Waals surface area contributed by atoms with E-state index in [9.17, 15) is 28.8 Å². The van der Waals surface area contributed by atoms with Gasteiger partial charge in [0.25, 0.3) is 0 Å². The van der Waals surface area contributed by atoms with Crippen LogP contribution in [0.25, 0.3) is 0 Å². The summed E-state index contributed by atoms with van der Waals surface area (Å²) in [6.45, 7) is 13.8. The lowest BCUT2D eigenvalue weighted by atomic mass is 9.49. The Balaban J connectivity index is 0.872. The molecule has 350 valence electrons. The third kappa shape index (κ3) is 8.46. The molecule has 0 aromatic heterocycles. The van der Waals surface area contributed by atoms with Gasteiger partial charge in [-0.2, -0.15) is 0 Å². The first-order chi connectivity index (χ1) is 29.7. The van der Waals surface area contributed by atoms with Gasteiger partial charge in [-0.3, -0.25) is 24.0 Å². The largest absolute Gasteiger partial charge is 0.465 e. The summed E-state index contributed by atoms with van der Waals surface area (Å²) in [7, 11) is 0. The van der Waals surface area contributed by atoms with E-state index in [2.05, 4.69) is 6.92 Å². The van der Waals surface area contributed by atoms with Gasteiger partial charge < -0.3 is 28.4 Å². The standard InChI is InChI=1S/C51H74O12/c1-28-32-9-10-33(20-32)37(28)26-49(6,45(56)63-48(4,5)14-16-59-46(57)51-23-29-17-30(24-51)19-31(18-29)25-51)12-8-13-50(7,44(55)60-38-11-15-58-42(38)53)27-47(2,3)43(54)62-39-34-21-35-36(22-34)41(52)61-40(35)39/h28-40H,8-27H2,1-7H3. The predicted molar refractivity (Wildman–Crippen MR) is 228 cm³/mol. The van der Waals surface area contributed by atoms with E-state index in [1.54, 1.807) is 20.8 Å². The summed E-state index contributed by atoms with van der Waals surface area (Å²) in [6, 6.07) is 0. The second kappa shape index (κ2) is 16.3. The molecule has 0 spiro atoms. The minimum atomic E-state index is -1.23. The molecule has 10 aliphatic rings. The molecular formula is C51H74O12. The maximum Gasteiger partial charge on any atom is 0.347 e. The highest BCUT2D eigenvalue weighted by molar-refractivity contribution is 5.84. The van der Waals surface area contributed by atoms with Gasteiger partial charge in [-0.1, -0.05) is 13.3 Å². The highest BCUT2D eigenvalue weighted by Crippen LogP contribution is 2.61. The number of carbonyl (C=O) groups excluding carboxylic acids is 6. The first-order valence-electron chi connectivity index (χ1n) is 24.9. The van der Waals surface area contributed by atoms with Gasteiger partial charge in [-0.15, -0.1) is 0 Å². The van der Waals surface area contributed by atoms with Crippen molar-refractivity contribution in [2.75, 3.05) is 13.2 Å². The van der Waals surface area contributed by atoms with Crippen LogP contribution in [0.1, 0.15) is 164 Å². The Morgan fingerprint density at radius 1 is 0.714 bits per heavy atom. The molecule has 10 rings (SSSR count).